The third-order valence-electron chi connectivity index (χ3n) is 4.32. The molecule has 2 N–H and O–H groups in total. The second-order valence-electron chi connectivity index (χ2n) is 6.81. The van der Waals surface area contributed by atoms with Crippen molar-refractivity contribution in [1.29, 1.82) is 0 Å². The van der Waals surface area contributed by atoms with Crippen molar-refractivity contribution in [2.45, 2.75) is 39.4 Å². The third-order valence-corrected chi connectivity index (χ3v) is 4.32. The summed E-state index contributed by atoms with van der Waals surface area (Å²) in [4.78, 5) is 25.0. The highest BCUT2D eigenvalue weighted by atomic mass is 19.4. The van der Waals surface area contributed by atoms with Crippen molar-refractivity contribution in [3.05, 3.63) is 65.2 Å². The number of anilines is 1. The van der Waals surface area contributed by atoms with Gasteiger partial charge in [0.2, 0.25) is 5.91 Å². The SMILES string of the molecule is CCc1ccc(C(=O)NC(C(=O)Nc2cccc(C(F)(F)F)c2)C(C)C)cc1. The number of halogens is 3. The molecule has 150 valence electrons. The Morgan fingerprint density at radius 3 is 2.21 bits per heavy atom. The zero-order valence-corrected chi connectivity index (χ0v) is 15.9. The standard InChI is InChI=1S/C21H23F3N2O2/c1-4-14-8-10-15(11-9-14)19(27)26-18(13(2)3)20(28)25-17-7-5-6-16(12-17)21(22,23)24/h5-13,18H,4H2,1-3H3,(H,25,28)(H,26,27). The maximum absolute atomic E-state index is 12.8. The van der Waals surface area contributed by atoms with E-state index in [1.54, 1.807) is 26.0 Å². The summed E-state index contributed by atoms with van der Waals surface area (Å²) in [5.41, 5.74) is 0.660. The monoisotopic (exact) mass is 392 g/mol. The lowest BCUT2D eigenvalue weighted by molar-refractivity contribution is -0.137. The van der Waals surface area contributed by atoms with Gasteiger partial charge >= 0.3 is 6.18 Å². The Morgan fingerprint density at radius 1 is 1.04 bits per heavy atom. The van der Waals surface area contributed by atoms with Crippen molar-refractivity contribution >= 4 is 17.5 Å². The van der Waals surface area contributed by atoms with Crippen LogP contribution in [0, 0.1) is 5.92 Å². The number of carbonyl (C=O) groups excluding carboxylic acids is 2. The molecule has 0 saturated heterocycles. The number of nitrogens with one attached hydrogen (secondary N) is 2. The van der Waals surface area contributed by atoms with Crippen LogP contribution in [0.2, 0.25) is 0 Å². The molecule has 2 aromatic rings. The maximum atomic E-state index is 12.8. The van der Waals surface area contributed by atoms with Crippen molar-refractivity contribution in [1.82, 2.24) is 5.32 Å². The van der Waals surface area contributed by atoms with Gasteiger partial charge in [-0.1, -0.05) is 39.0 Å². The van der Waals surface area contributed by atoms with Gasteiger partial charge in [-0.25, -0.2) is 0 Å². The van der Waals surface area contributed by atoms with Crippen LogP contribution >= 0.6 is 0 Å². The number of hydrogen-bond donors (Lipinski definition) is 2. The van der Waals surface area contributed by atoms with Gasteiger partial charge in [0.1, 0.15) is 6.04 Å². The number of rotatable bonds is 6. The van der Waals surface area contributed by atoms with E-state index in [-0.39, 0.29) is 11.6 Å². The molecule has 0 fully saturated rings. The fourth-order valence-corrected chi connectivity index (χ4v) is 2.64. The first-order chi connectivity index (χ1) is 13.1. The largest absolute Gasteiger partial charge is 0.416 e. The van der Waals surface area contributed by atoms with Crippen LogP contribution in [0.4, 0.5) is 18.9 Å². The number of aryl methyl sites for hydroxylation is 1. The van der Waals surface area contributed by atoms with Crippen LogP contribution in [0.5, 0.6) is 0 Å². The van der Waals surface area contributed by atoms with E-state index < -0.39 is 29.6 Å². The van der Waals surface area contributed by atoms with Gasteiger partial charge in [0.25, 0.3) is 5.91 Å². The molecule has 0 bridgehead atoms. The Kier molecular flexibility index (Phi) is 6.83. The average Bonchev–Trinajstić information content (AvgIpc) is 2.65. The Balaban J connectivity index is 2.12. The van der Waals surface area contributed by atoms with E-state index in [4.69, 9.17) is 0 Å². The van der Waals surface area contributed by atoms with E-state index in [1.807, 2.05) is 19.1 Å². The predicted octanol–water partition coefficient (Wildman–Crippen LogP) is 4.66. The second-order valence-corrected chi connectivity index (χ2v) is 6.81. The van der Waals surface area contributed by atoms with Gasteiger partial charge in [0.15, 0.2) is 0 Å². The molecule has 0 radical (unpaired) electrons. The molecular weight excluding hydrogens is 369 g/mol. The van der Waals surface area contributed by atoms with Gasteiger partial charge in [-0.2, -0.15) is 13.2 Å². The molecule has 0 aliphatic heterocycles. The fraction of sp³-hybridized carbons (Fsp3) is 0.333. The van der Waals surface area contributed by atoms with Gasteiger partial charge < -0.3 is 10.6 Å². The molecule has 0 aliphatic carbocycles. The number of amides is 2. The lowest BCUT2D eigenvalue weighted by Crippen LogP contribution is -2.47. The average molecular weight is 392 g/mol. The summed E-state index contributed by atoms with van der Waals surface area (Å²) >= 11 is 0. The van der Waals surface area contributed by atoms with Gasteiger partial charge in [0.05, 0.1) is 5.56 Å². The summed E-state index contributed by atoms with van der Waals surface area (Å²) in [7, 11) is 0. The zero-order valence-electron chi connectivity index (χ0n) is 15.9. The van der Waals surface area contributed by atoms with Gasteiger partial charge in [-0.05, 0) is 48.2 Å². The number of benzene rings is 2. The van der Waals surface area contributed by atoms with Crippen LogP contribution in [-0.2, 0) is 17.4 Å². The van der Waals surface area contributed by atoms with Crippen LogP contribution in [0.3, 0.4) is 0 Å². The Bertz CT molecular complexity index is 830. The maximum Gasteiger partial charge on any atom is 0.416 e. The second kappa shape index (κ2) is 8.91. The van der Waals surface area contributed by atoms with Crippen molar-refractivity contribution in [3.8, 4) is 0 Å². The van der Waals surface area contributed by atoms with E-state index in [0.29, 0.717) is 5.56 Å². The molecule has 0 saturated carbocycles. The van der Waals surface area contributed by atoms with Crippen LogP contribution in [0.1, 0.15) is 42.3 Å². The molecular formula is C21H23F3N2O2. The summed E-state index contributed by atoms with van der Waals surface area (Å²) in [6.07, 6.45) is -3.66. The summed E-state index contributed by atoms with van der Waals surface area (Å²) < 4.78 is 38.5. The van der Waals surface area contributed by atoms with Crippen LogP contribution in [0.25, 0.3) is 0 Å². The molecule has 2 aromatic carbocycles. The Labute approximate surface area is 162 Å². The van der Waals surface area contributed by atoms with Crippen LogP contribution in [0.15, 0.2) is 48.5 Å². The molecule has 4 nitrogen and oxygen atoms in total. The highest BCUT2D eigenvalue weighted by Crippen LogP contribution is 2.30. The van der Waals surface area contributed by atoms with Crippen molar-refractivity contribution in [3.63, 3.8) is 0 Å². The van der Waals surface area contributed by atoms with E-state index in [2.05, 4.69) is 10.6 Å². The normalized spacial score (nSPS) is 12.5. The fourth-order valence-electron chi connectivity index (χ4n) is 2.64. The van der Waals surface area contributed by atoms with Gasteiger partial charge in [-0.3, -0.25) is 9.59 Å². The minimum absolute atomic E-state index is 0.0204. The van der Waals surface area contributed by atoms with Gasteiger partial charge in [-0.15, -0.1) is 0 Å². The summed E-state index contributed by atoms with van der Waals surface area (Å²) in [6.45, 7) is 5.50. The van der Waals surface area contributed by atoms with E-state index in [0.717, 1.165) is 24.1 Å². The molecule has 2 rings (SSSR count). The van der Waals surface area contributed by atoms with Crippen molar-refractivity contribution in [2.24, 2.45) is 5.92 Å². The molecule has 0 spiro atoms. The van der Waals surface area contributed by atoms with Crippen molar-refractivity contribution < 1.29 is 22.8 Å². The minimum atomic E-state index is -4.50. The first-order valence-corrected chi connectivity index (χ1v) is 8.99. The molecule has 7 heteroatoms. The molecule has 28 heavy (non-hydrogen) atoms. The summed E-state index contributed by atoms with van der Waals surface area (Å²) in [5, 5.41) is 5.12. The quantitative estimate of drug-likeness (QED) is 0.751. The first kappa shape index (κ1) is 21.5. The van der Waals surface area contributed by atoms with Crippen LogP contribution in [-0.4, -0.2) is 17.9 Å². The summed E-state index contributed by atoms with van der Waals surface area (Å²) in [5.74, 6) is -1.25. The molecule has 0 heterocycles. The Hall–Kier alpha value is -2.83. The lowest BCUT2D eigenvalue weighted by Gasteiger charge is -2.22. The molecule has 1 unspecified atom stereocenters. The topological polar surface area (TPSA) is 58.2 Å². The van der Waals surface area contributed by atoms with E-state index >= 15 is 0 Å². The van der Waals surface area contributed by atoms with E-state index in [9.17, 15) is 22.8 Å². The molecule has 2 amide bonds. The minimum Gasteiger partial charge on any atom is -0.340 e. The van der Waals surface area contributed by atoms with Crippen LogP contribution < -0.4 is 10.6 Å². The summed E-state index contributed by atoms with van der Waals surface area (Å²) in [6, 6.07) is 10.5. The Morgan fingerprint density at radius 2 is 1.68 bits per heavy atom. The smallest absolute Gasteiger partial charge is 0.340 e. The van der Waals surface area contributed by atoms with Crippen molar-refractivity contribution in [2.75, 3.05) is 5.32 Å². The zero-order chi connectivity index (χ0) is 20.9. The molecule has 0 aromatic heterocycles. The first-order valence-electron chi connectivity index (χ1n) is 8.99. The molecule has 0 aliphatic rings. The van der Waals surface area contributed by atoms with E-state index in [1.165, 1.54) is 12.1 Å². The number of carbonyl (C=O) groups is 2. The lowest BCUT2D eigenvalue weighted by atomic mass is 10.0. The highest BCUT2D eigenvalue weighted by Gasteiger charge is 2.31. The molecule has 1 atom stereocenters. The number of hydrogen-bond acceptors (Lipinski definition) is 2. The highest BCUT2D eigenvalue weighted by molar-refractivity contribution is 6.01. The van der Waals surface area contributed by atoms with Gasteiger partial charge in [0, 0.05) is 11.3 Å². The number of alkyl halides is 3. The predicted molar refractivity (Wildman–Crippen MR) is 102 cm³/mol. The third kappa shape index (κ3) is 5.58.